The summed E-state index contributed by atoms with van der Waals surface area (Å²) in [6, 6.07) is 2.08. The Labute approximate surface area is 91.6 Å². The predicted molar refractivity (Wildman–Crippen MR) is 55.0 cm³/mol. The largest absolute Gasteiger partial charge is 0.493 e. The van der Waals surface area contributed by atoms with E-state index in [0.29, 0.717) is 18.4 Å². The summed E-state index contributed by atoms with van der Waals surface area (Å²) in [5.41, 5.74) is 0.0782. The van der Waals surface area contributed by atoms with Crippen LogP contribution in [-0.4, -0.2) is 23.7 Å². The molecule has 0 aliphatic carbocycles. The Kier molecular flexibility index (Phi) is 4.19. The number of non-ortho nitro benzene ring substituents is 1. The average Bonchev–Trinajstić information content (AvgIpc) is 2.25. The summed E-state index contributed by atoms with van der Waals surface area (Å²) in [6.07, 6.45) is 0.731. The number of aliphatic hydroxyl groups excluding tert-OH is 1. The molecule has 0 aliphatic heterocycles. The van der Waals surface area contributed by atoms with Crippen LogP contribution in [0.25, 0.3) is 0 Å². The molecule has 0 heterocycles. The van der Waals surface area contributed by atoms with E-state index in [1.807, 2.05) is 0 Å². The second kappa shape index (κ2) is 5.41. The highest BCUT2D eigenvalue weighted by Crippen LogP contribution is 2.28. The van der Waals surface area contributed by atoms with Crippen molar-refractivity contribution in [1.82, 2.24) is 0 Å². The van der Waals surface area contributed by atoms with Crippen molar-refractivity contribution in [2.45, 2.75) is 12.8 Å². The van der Waals surface area contributed by atoms with E-state index in [9.17, 15) is 14.5 Å². The molecule has 0 atom stereocenters. The van der Waals surface area contributed by atoms with Gasteiger partial charge < -0.3 is 9.84 Å². The van der Waals surface area contributed by atoms with Gasteiger partial charge in [0.05, 0.1) is 18.1 Å². The topological polar surface area (TPSA) is 72.6 Å². The molecule has 5 nitrogen and oxygen atoms in total. The maximum atomic E-state index is 13.4. The summed E-state index contributed by atoms with van der Waals surface area (Å²) in [6.45, 7) is -0.0620. The van der Waals surface area contributed by atoms with E-state index in [1.54, 1.807) is 0 Å². The SMILES string of the molecule is COc1c(F)cc([N+](=O)[O-])cc1CCCO. The highest BCUT2D eigenvalue weighted by atomic mass is 19.1. The fraction of sp³-hybridized carbons (Fsp3) is 0.400. The second-order valence-corrected chi connectivity index (χ2v) is 3.20. The quantitative estimate of drug-likeness (QED) is 0.615. The summed E-state index contributed by atoms with van der Waals surface area (Å²) in [4.78, 5) is 9.87. The number of nitro groups is 1. The fourth-order valence-corrected chi connectivity index (χ4v) is 1.42. The lowest BCUT2D eigenvalue weighted by molar-refractivity contribution is -0.385. The third kappa shape index (κ3) is 2.66. The summed E-state index contributed by atoms with van der Waals surface area (Å²) in [5, 5.41) is 19.2. The number of aliphatic hydroxyl groups is 1. The van der Waals surface area contributed by atoms with Crippen molar-refractivity contribution in [2.24, 2.45) is 0 Å². The van der Waals surface area contributed by atoms with Gasteiger partial charge in [-0.25, -0.2) is 4.39 Å². The van der Waals surface area contributed by atoms with Crippen molar-refractivity contribution >= 4 is 5.69 Å². The predicted octanol–water partition coefficient (Wildman–Crippen LogP) is 1.67. The molecule has 1 N–H and O–H groups in total. The smallest absolute Gasteiger partial charge is 0.272 e. The molecule has 0 saturated heterocycles. The van der Waals surface area contributed by atoms with Gasteiger partial charge in [-0.2, -0.15) is 0 Å². The van der Waals surface area contributed by atoms with Crippen LogP contribution < -0.4 is 4.74 Å². The van der Waals surface area contributed by atoms with Crippen LogP contribution in [0.3, 0.4) is 0 Å². The number of benzene rings is 1. The monoisotopic (exact) mass is 229 g/mol. The van der Waals surface area contributed by atoms with Crippen LogP contribution in [0.1, 0.15) is 12.0 Å². The van der Waals surface area contributed by atoms with Crippen LogP contribution in [0.5, 0.6) is 5.75 Å². The van der Waals surface area contributed by atoms with Crippen LogP contribution >= 0.6 is 0 Å². The molecule has 0 radical (unpaired) electrons. The summed E-state index contributed by atoms with van der Waals surface area (Å²) in [7, 11) is 1.30. The molecule has 6 heteroatoms. The molecule has 0 aliphatic rings. The summed E-state index contributed by atoms with van der Waals surface area (Å²) < 4.78 is 18.2. The van der Waals surface area contributed by atoms with Gasteiger partial charge in [-0.15, -0.1) is 0 Å². The molecule has 0 unspecified atom stereocenters. The number of methoxy groups -OCH3 is 1. The van der Waals surface area contributed by atoms with Crippen LogP contribution in [-0.2, 0) is 6.42 Å². The van der Waals surface area contributed by atoms with Crippen LogP contribution in [0, 0.1) is 15.9 Å². The number of nitrogens with zero attached hydrogens (tertiary/aromatic N) is 1. The molecule has 0 bridgehead atoms. The molecule has 1 rings (SSSR count). The Hall–Kier alpha value is -1.69. The average molecular weight is 229 g/mol. The molecule has 0 fully saturated rings. The minimum absolute atomic E-state index is 0.000880. The highest BCUT2D eigenvalue weighted by molar-refractivity contribution is 5.45. The molecule has 88 valence electrons. The van der Waals surface area contributed by atoms with Crippen LogP contribution in [0.2, 0.25) is 0 Å². The second-order valence-electron chi connectivity index (χ2n) is 3.20. The Morgan fingerprint density at radius 3 is 2.75 bits per heavy atom. The molecule has 0 amide bonds. The third-order valence-corrected chi connectivity index (χ3v) is 2.12. The van der Waals surface area contributed by atoms with Crippen molar-refractivity contribution in [3.05, 3.63) is 33.6 Å². The number of aryl methyl sites for hydroxylation is 1. The van der Waals surface area contributed by atoms with E-state index in [4.69, 9.17) is 9.84 Å². The molecule has 0 aromatic heterocycles. The molecular formula is C10H12FNO4. The van der Waals surface area contributed by atoms with E-state index in [-0.39, 0.29) is 18.0 Å². The number of rotatable bonds is 5. The van der Waals surface area contributed by atoms with Crippen molar-refractivity contribution < 1.29 is 19.2 Å². The molecular weight excluding hydrogens is 217 g/mol. The van der Waals surface area contributed by atoms with E-state index >= 15 is 0 Å². The first-order valence-corrected chi connectivity index (χ1v) is 4.71. The van der Waals surface area contributed by atoms with Gasteiger partial charge in [-0.3, -0.25) is 10.1 Å². The zero-order valence-corrected chi connectivity index (χ0v) is 8.77. The van der Waals surface area contributed by atoms with E-state index in [0.717, 1.165) is 6.07 Å². The number of nitro benzene ring substituents is 1. The lowest BCUT2D eigenvalue weighted by Crippen LogP contribution is -2.00. The van der Waals surface area contributed by atoms with Gasteiger partial charge in [0.15, 0.2) is 11.6 Å². The minimum atomic E-state index is -0.760. The summed E-state index contributed by atoms with van der Waals surface area (Å²) in [5.74, 6) is -0.760. The lowest BCUT2D eigenvalue weighted by Gasteiger charge is -2.08. The number of halogens is 1. The molecule has 1 aromatic rings. The van der Waals surface area contributed by atoms with Crippen LogP contribution in [0.15, 0.2) is 12.1 Å². The maximum Gasteiger partial charge on any atom is 0.272 e. The minimum Gasteiger partial charge on any atom is -0.493 e. The van der Waals surface area contributed by atoms with Gasteiger partial charge >= 0.3 is 0 Å². The first kappa shape index (κ1) is 12.4. The van der Waals surface area contributed by atoms with Crippen molar-refractivity contribution in [3.63, 3.8) is 0 Å². The van der Waals surface area contributed by atoms with Gasteiger partial charge in [0, 0.05) is 18.2 Å². The van der Waals surface area contributed by atoms with Crippen molar-refractivity contribution in [3.8, 4) is 5.75 Å². The van der Waals surface area contributed by atoms with Crippen molar-refractivity contribution in [2.75, 3.05) is 13.7 Å². The normalized spacial score (nSPS) is 10.2. The van der Waals surface area contributed by atoms with Gasteiger partial charge in [-0.1, -0.05) is 0 Å². The number of hydrogen-bond acceptors (Lipinski definition) is 4. The number of ether oxygens (including phenoxy) is 1. The Bertz CT molecular complexity index is 395. The van der Waals surface area contributed by atoms with Gasteiger partial charge in [-0.05, 0) is 12.8 Å². The van der Waals surface area contributed by atoms with E-state index in [2.05, 4.69) is 0 Å². The third-order valence-electron chi connectivity index (χ3n) is 2.12. The zero-order valence-electron chi connectivity index (χ0n) is 8.77. The van der Waals surface area contributed by atoms with E-state index in [1.165, 1.54) is 13.2 Å². The van der Waals surface area contributed by atoms with Crippen LogP contribution in [0.4, 0.5) is 10.1 Å². The molecule has 0 saturated carbocycles. The van der Waals surface area contributed by atoms with E-state index < -0.39 is 10.7 Å². The first-order valence-electron chi connectivity index (χ1n) is 4.71. The van der Waals surface area contributed by atoms with Gasteiger partial charge in [0.25, 0.3) is 5.69 Å². The van der Waals surface area contributed by atoms with Gasteiger partial charge in [0.1, 0.15) is 0 Å². The Balaban J connectivity index is 3.14. The highest BCUT2D eigenvalue weighted by Gasteiger charge is 2.16. The lowest BCUT2D eigenvalue weighted by atomic mass is 10.1. The Morgan fingerprint density at radius 1 is 1.56 bits per heavy atom. The standard InChI is InChI=1S/C10H12FNO4/c1-16-10-7(3-2-4-13)5-8(12(14)15)6-9(10)11/h5-6,13H,2-4H2,1H3. The fourth-order valence-electron chi connectivity index (χ4n) is 1.42. The maximum absolute atomic E-state index is 13.4. The van der Waals surface area contributed by atoms with Crippen molar-refractivity contribution in [1.29, 1.82) is 0 Å². The molecule has 1 aromatic carbocycles. The van der Waals surface area contributed by atoms with Gasteiger partial charge in [0.2, 0.25) is 0 Å². The zero-order chi connectivity index (χ0) is 12.1. The first-order chi connectivity index (χ1) is 7.60. The molecule has 16 heavy (non-hydrogen) atoms. The molecule has 0 spiro atoms. The summed E-state index contributed by atoms with van der Waals surface area (Å²) >= 11 is 0. The Morgan fingerprint density at radius 2 is 2.25 bits per heavy atom. The number of hydrogen-bond donors (Lipinski definition) is 1.